The van der Waals surface area contributed by atoms with E-state index in [4.69, 9.17) is 5.26 Å². The lowest BCUT2D eigenvalue weighted by Gasteiger charge is -2.24. The van der Waals surface area contributed by atoms with Gasteiger partial charge in [-0.3, -0.25) is 4.79 Å². The van der Waals surface area contributed by atoms with E-state index in [1.54, 1.807) is 4.90 Å². The van der Waals surface area contributed by atoms with Crippen LogP contribution in [0.25, 0.3) is 0 Å². The summed E-state index contributed by atoms with van der Waals surface area (Å²) in [5, 5.41) is 20.9. The number of amides is 1. The number of aromatic nitrogens is 2. The van der Waals surface area contributed by atoms with Crippen molar-refractivity contribution in [1.29, 1.82) is 5.26 Å². The van der Waals surface area contributed by atoms with Crippen LogP contribution in [0.15, 0.2) is 58.9 Å². The number of hydrogen-bond acceptors (Lipinski definition) is 7. The molecule has 2 aromatic carbocycles. The van der Waals surface area contributed by atoms with Crippen molar-refractivity contribution in [3.05, 3.63) is 60.2 Å². The van der Waals surface area contributed by atoms with Gasteiger partial charge >= 0.3 is 0 Å². The fourth-order valence-corrected chi connectivity index (χ4v) is 4.66. The summed E-state index contributed by atoms with van der Waals surface area (Å²) in [6, 6.07) is 19.5. The summed E-state index contributed by atoms with van der Waals surface area (Å²) in [5.74, 6) is -0.0555. The smallest absolute Gasteiger partial charge is 0.240 e. The van der Waals surface area contributed by atoms with Crippen LogP contribution in [0.5, 0.6) is 0 Å². The standard InChI is InChI=1S/C21H21N5OS2/c1-15-9-6-7-12-18(15)23-20-24-25-21(29-20)28-16(2)19(27)26(14-8-13-22)17-10-4-3-5-11-17/h3-7,9-12,16H,8,14H2,1-2H3,(H,23,24). The first-order chi connectivity index (χ1) is 14.1. The first kappa shape index (κ1) is 20.8. The van der Waals surface area contributed by atoms with E-state index >= 15 is 0 Å². The van der Waals surface area contributed by atoms with Gasteiger partial charge in [0.05, 0.1) is 17.7 Å². The Balaban J connectivity index is 1.68. The second-order valence-corrected chi connectivity index (χ2v) is 8.87. The van der Waals surface area contributed by atoms with Gasteiger partial charge in [0.1, 0.15) is 0 Å². The van der Waals surface area contributed by atoms with Gasteiger partial charge in [-0.25, -0.2) is 0 Å². The Morgan fingerprint density at radius 3 is 2.66 bits per heavy atom. The zero-order valence-corrected chi connectivity index (χ0v) is 17.8. The first-order valence-electron chi connectivity index (χ1n) is 9.14. The van der Waals surface area contributed by atoms with E-state index in [1.807, 2.05) is 68.4 Å². The quantitative estimate of drug-likeness (QED) is 0.513. The molecule has 1 aromatic heterocycles. The number of benzene rings is 2. The maximum absolute atomic E-state index is 13.0. The Morgan fingerprint density at radius 2 is 1.93 bits per heavy atom. The van der Waals surface area contributed by atoms with E-state index in [2.05, 4.69) is 21.6 Å². The van der Waals surface area contributed by atoms with Crippen molar-refractivity contribution in [2.45, 2.75) is 29.9 Å². The van der Waals surface area contributed by atoms with E-state index in [0.717, 1.165) is 21.3 Å². The van der Waals surface area contributed by atoms with Gasteiger partial charge in [-0.2, -0.15) is 5.26 Å². The average molecular weight is 424 g/mol. The molecule has 1 N–H and O–H groups in total. The number of rotatable bonds is 8. The minimum atomic E-state index is -0.354. The number of nitrogens with zero attached hydrogens (tertiary/aromatic N) is 4. The molecule has 8 heteroatoms. The average Bonchev–Trinajstić information content (AvgIpc) is 3.17. The molecule has 3 aromatic rings. The third kappa shape index (κ3) is 5.56. The van der Waals surface area contributed by atoms with E-state index in [1.165, 1.54) is 23.1 Å². The summed E-state index contributed by atoms with van der Waals surface area (Å²) in [6.07, 6.45) is 0.279. The second-order valence-electron chi connectivity index (χ2n) is 6.31. The van der Waals surface area contributed by atoms with E-state index < -0.39 is 0 Å². The van der Waals surface area contributed by atoms with Crippen molar-refractivity contribution in [1.82, 2.24) is 10.2 Å². The highest BCUT2D eigenvalue weighted by molar-refractivity contribution is 8.02. The number of nitrogens with one attached hydrogen (secondary N) is 1. The number of carbonyl (C=O) groups is 1. The fraction of sp³-hybridized carbons (Fsp3) is 0.238. The predicted molar refractivity (Wildman–Crippen MR) is 119 cm³/mol. The number of anilines is 3. The maximum atomic E-state index is 13.0. The monoisotopic (exact) mass is 423 g/mol. The SMILES string of the molecule is Cc1ccccc1Nc1nnc(SC(C)C(=O)N(CCC#N)c2ccccc2)s1. The minimum Gasteiger partial charge on any atom is -0.330 e. The third-order valence-electron chi connectivity index (χ3n) is 4.20. The van der Waals surface area contributed by atoms with Gasteiger partial charge in [0.2, 0.25) is 11.0 Å². The van der Waals surface area contributed by atoms with Crippen LogP contribution < -0.4 is 10.2 Å². The summed E-state index contributed by atoms with van der Waals surface area (Å²) in [7, 11) is 0. The molecular weight excluding hydrogens is 402 g/mol. The molecule has 1 heterocycles. The molecule has 0 saturated carbocycles. The van der Waals surface area contributed by atoms with Gasteiger partial charge in [-0.1, -0.05) is 59.5 Å². The van der Waals surface area contributed by atoms with Gasteiger partial charge in [0, 0.05) is 17.9 Å². The lowest BCUT2D eigenvalue weighted by Crippen LogP contribution is -2.37. The third-order valence-corrected chi connectivity index (χ3v) is 6.21. The van der Waals surface area contributed by atoms with Crippen molar-refractivity contribution >= 4 is 45.5 Å². The molecule has 1 unspecified atom stereocenters. The van der Waals surface area contributed by atoms with Crippen LogP contribution in [0.3, 0.4) is 0 Å². The topological polar surface area (TPSA) is 81.9 Å². The van der Waals surface area contributed by atoms with Crippen molar-refractivity contribution in [2.24, 2.45) is 0 Å². The summed E-state index contributed by atoms with van der Waals surface area (Å²) in [4.78, 5) is 14.7. The largest absolute Gasteiger partial charge is 0.330 e. The van der Waals surface area contributed by atoms with E-state index in [0.29, 0.717) is 11.7 Å². The van der Waals surface area contributed by atoms with Crippen molar-refractivity contribution < 1.29 is 4.79 Å². The van der Waals surface area contributed by atoms with Gasteiger partial charge in [-0.05, 0) is 37.6 Å². The molecule has 0 radical (unpaired) electrons. The van der Waals surface area contributed by atoms with Crippen molar-refractivity contribution in [3.8, 4) is 6.07 Å². The van der Waals surface area contributed by atoms with Crippen LogP contribution in [0.1, 0.15) is 18.9 Å². The highest BCUT2D eigenvalue weighted by Crippen LogP contribution is 2.32. The minimum absolute atomic E-state index is 0.0555. The zero-order chi connectivity index (χ0) is 20.6. The van der Waals surface area contributed by atoms with Crippen LogP contribution in [0, 0.1) is 18.3 Å². The number of aryl methyl sites for hydroxylation is 1. The Hall–Kier alpha value is -2.89. The highest BCUT2D eigenvalue weighted by Gasteiger charge is 2.24. The first-order valence-corrected chi connectivity index (χ1v) is 10.8. The number of thioether (sulfide) groups is 1. The second kappa shape index (κ2) is 10.0. The van der Waals surface area contributed by atoms with Crippen molar-refractivity contribution in [3.63, 3.8) is 0 Å². The normalized spacial score (nSPS) is 11.5. The zero-order valence-electron chi connectivity index (χ0n) is 16.2. The van der Waals surface area contributed by atoms with E-state index in [9.17, 15) is 4.79 Å². The summed E-state index contributed by atoms with van der Waals surface area (Å²) in [5.41, 5.74) is 2.90. The van der Waals surface area contributed by atoms with Gasteiger partial charge < -0.3 is 10.2 Å². The lowest BCUT2D eigenvalue weighted by molar-refractivity contribution is -0.117. The van der Waals surface area contributed by atoms with Crippen LogP contribution in [-0.4, -0.2) is 27.9 Å². The van der Waals surface area contributed by atoms with Gasteiger partial charge in [0.15, 0.2) is 4.34 Å². The van der Waals surface area contributed by atoms with Gasteiger partial charge in [0.25, 0.3) is 0 Å². The molecular formula is C21H21N5OS2. The molecule has 0 aliphatic carbocycles. The van der Waals surface area contributed by atoms with Crippen molar-refractivity contribution in [2.75, 3.05) is 16.8 Å². The van der Waals surface area contributed by atoms with Crippen LogP contribution in [-0.2, 0) is 4.79 Å². The molecule has 0 aliphatic rings. The fourth-order valence-electron chi connectivity index (χ4n) is 2.69. The van der Waals surface area contributed by atoms with Crippen LogP contribution >= 0.6 is 23.1 Å². The number of hydrogen-bond donors (Lipinski definition) is 1. The lowest BCUT2D eigenvalue weighted by atomic mass is 10.2. The van der Waals surface area contributed by atoms with Crippen LogP contribution in [0.2, 0.25) is 0 Å². The number of nitriles is 1. The molecule has 1 amide bonds. The summed E-state index contributed by atoms with van der Waals surface area (Å²) in [6.45, 7) is 4.24. The predicted octanol–water partition coefficient (Wildman–Crippen LogP) is 5.02. The van der Waals surface area contributed by atoms with Gasteiger partial charge in [-0.15, -0.1) is 10.2 Å². The molecule has 148 valence electrons. The molecule has 3 rings (SSSR count). The molecule has 0 bridgehead atoms. The van der Waals surface area contributed by atoms with E-state index in [-0.39, 0.29) is 17.6 Å². The Morgan fingerprint density at radius 1 is 1.21 bits per heavy atom. The maximum Gasteiger partial charge on any atom is 0.240 e. The molecule has 0 fully saturated rings. The Kier molecular flexibility index (Phi) is 7.22. The number of carbonyl (C=O) groups excluding carboxylic acids is 1. The Labute approximate surface area is 178 Å². The molecule has 29 heavy (non-hydrogen) atoms. The number of para-hydroxylation sites is 2. The Bertz CT molecular complexity index is 1000. The molecule has 0 aliphatic heterocycles. The molecule has 1 atom stereocenters. The summed E-state index contributed by atoms with van der Waals surface area (Å²) >= 11 is 2.79. The molecule has 6 nitrogen and oxygen atoms in total. The van der Waals surface area contributed by atoms with Crippen LogP contribution in [0.4, 0.5) is 16.5 Å². The summed E-state index contributed by atoms with van der Waals surface area (Å²) < 4.78 is 0.718. The molecule has 0 spiro atoms. The highest BCUT2D eigenvalue weighted by atomic mass is 32.2. The molecule has 0 saturated heterocycles.